The van der Waals surface area contributed by atoms with Crippen LogP contribution in [0.4, 0.5) is 0 Å². The molecule has 3 heteroatoms. The van der Waals surface area contributed by atoms with E-state index in [9.17, 15) is 9.90 Å². The van der Waals surface area contributed by atoms with Crippen molar-refractivity contribution in [2.24, 2.45) is 11.8 Å². The van der Waals surface area contributed by atoms with Crippen molar-refractivity contribution in [2.45, 2.75) is 63.9 Å². The molecule has 0 saturated heterocycles. The van der Waals surface area contributed by atoms with E-state index in [0.29, 0.717) is 12.5 Å². The molecule has 17 heavy (non-hydrogen) atoms. The number of aliphatic hydroxyl groups is 1. The zero-order chi connectivity index (χ0) is 12.1. The van der Waals surface area contributed by atoms with Crippen LogP contribution in [0.2, 0.25) is 0 Å². The largest absolute Gasteiger partial charge is 0.465 e. The van der Waals surface area contributed by atoms with Gasteiger partial charge in [-0.3, -0.25) is 4.79 Å². The lowest BCUT2D eigenvalue weighted by Crippen LogP contribution is -2.33. The van der Waals surface area contributed by atoms with E-state index >= 15 is 0 Å². The van der Waals surface area contributed by atoms with Crippen molar-refractivity contribution < 1.29 is 14.6 Å². The Morgan fingerprint density at radius 3 is 2.35 bits per heavy atom. The Morgan fingerprint density at radius 1 is 1.00 bits per heavy atom. The van der Waals surface area contributed by atoms with Crippen molar-refractivity contribution in [3.8, 4) is 0 Å². The number of carbonyl (C=O) groups excluding carboxylic acids is 1. The molecule has 0 aromatic heterocycles. The van der Waals surface area contributed by atoms with Crippen LogP contribution < -0.4 is 0 Å². The summed E-state index contributed by atoms with van der Waals surface area (Å²) in [7, 11) is 0. The van der Waals surface area contributed by atoms with Crippen LogP contribution >= 0.6 is 0 Å². The highest BCUT2D eigenvalue weighted by atomic mass is 16.5. The summed E-state index contributed by atoms with van der Waals surface area (Å²) < 4.78 is 5.39. The molecular weight excluding hydrogens is 216 g/mol. The number of esters is 1. The second-order valence-electron chi connectivity index (χ2n) is 5.59. The molecule has 0 bridgehead atoms. The van der Waals surface area contributed by atoms with Gasteiger partial charge in [-0.05, 0) is 31.6 Å². The Bertz CT molecular complexity index is 246. The van der Waals surface area contributed by atoms with E-state index < -0.39 is 6.10 Å². The Labute approximate surface area is 104 Å². The van der Waals surface area contributed by atoms with Gasteiger partial charge in [0, 0.05) is 0 Å². The number of carbonyl (C=O) groups is 1. The summed E-state index contributed by atoms with van der Waals surface area (Å²) in [6.07, 6.45) is 9.42. The lowest BCUT2D eigenvalue weighted by atomic mass is 9.86. The predicted molar refractivity (Wildman–Crippen MR) is 65.5 cm³/mol. The molecule has 98 valence electrons. The monoisotopic (exact) mass is 240 g/mol. The molecule has 0 aromatic carbocycles. The Hall–Kier alpha value is -0.570. The molecular formula is C14H24O3. The number of aliphatic hydroxyl groups excluding tert-OH is 1. The standard InChI is InChI=1S/C14H24O3/c15-13-9-5-4-8-12(13)14(16)17-10-11-6-2-1-3-7-11/h11-13,15H,1-10H2. The van der Waals surface area contributed by atoms with Gasteiger partial charge < -0.3 is 9.84 Å². The van der Waals surface area contributed by atoms with E-state index in [4.69, 9.17) is 4.74 Å². The molecule has 0 radical (unpaired) electrons. The SMILES string of the molecule is O=C(OCC1CCCCC1)C1CCCCC1O. The van der Waals surface area contributed by atoms with Crippen LogP contribution in [0.15, 0.2) is 0 Å². The van der Waals surface area contributed by atoms with Gasteiger partial charge in [-0.25, -0.2) is 0 Å². The van der Waals surface area contributed by atoms with Gasteiger partial charge in [0.25, 0.3) is 0 Å². The van der Waals surface area contributed by atoms with Gasteiger partial charge in [-0.1, -0.05) is 32.1 Å². The summed E-state index contributed by atoms with van der Waals surface area (Å²) in [5.41, 5.74) is 0. The maximum Gasteiger partial charge on any atom is 0.311 e. The number of hydrogen-bond donors (Lipinski definition) is 1. The van der Waals surface area contributed by atoms with Crippen LogP contribution in [0.1, 0.15) is 57.8 Å². The average molecular weight is 240 g/mol. The van der Waals surface area contributed by atoms with E-state index in [-0.39, 0.29) is 11.9 Å². The lowest BCUT2D eigenvalue weighted by Gasteiger charge is -2.27. The second-order valence-corrected chi connectivity index (χ2v) is 5.59. The summed E-state index contributed by atoms with van der Waals surface area (Å²) in [5.74, 6) is 0.142. The molecule has 0 heterocycles. The molecule has 2 unspecified atom stereocenters. The molecule has 2 fully saturated rings. The third-order valence-corrected chi connectivity index (χ3v) is 4.22. The predicted octanol–water partition coefficient (Wildman–Crippen LogP) is 2.66. The fourth-order valence-electron chi connectivity index (χ4n) is 3.05. The van der Waals surface area contributed by atoms with Crippen molar-refractivity contribution >= 4 is 5.97 Å². The van der Waals surface area contributed by atoms with Crippen molar-refractivity contribution in [1.29, 1.82) is 0 Å². The van der Waals surface area contributed by atoms with Gasteiger partial charge in [0.15, 0.2) is 0 Å². The van der Waals surface area contributed by atoms with Gasteiger partial charge in [0.1, 0.15) is 0 Å². The summed E-state index contributed by atoms with van der Waals surface area (Å²) in [5, 5.41) is 9.78. The minimum absolute atomic E-state index is 0.164. The van der Waals surface area contributed by atoms with E-state index in [2.05, 4.69) is 0 Å². The first-order valence-electron chi connectivity index (χ1n) is 7.12. The third-order valence-electron chi connectivity index (χ3n) is 4.22. The van der Waals surface area contributed by atoms with Crippen LogP contribution in [-0.2, 0) is 9.53 Å². The minimum atomic E-state index is -0.470. The van der Waals surface area contributed by atoms with Crippen LogP contribution in [-0.4, -0.2) is 23.8 Å². The number of ether oxygens (including phenoxy) is 1. The normalized spacial score (nSPS) is 31.1. The molecule has 0 aromatic rings. The van der Waals surface area contributed by atoms with Gasteiger partial charge in [-0.15, -0.1) is 0 Å². The van der Waals surface area contributed by atoms with E-state index in [1.54, 1.807) is 0 Å². The average Bonchev–Trinajstić information content (AvgIpc) is 2.38. The topological polar surface area (TPSA) is 46.5 Å². The molecule has 0 aliphatic heterocycles. The zero-order valence-corrected chi connectivity index (χ0v) is 10.6. The highest BCUT2D eigenvalue weighted by Crippen LogP contribution is 2.27. The molecule has 2 saturated carbocycles. The van der Waals surface area contributed by atoms with Crippen LogP contribution in [0.25, 0.3) is 0 Å². The van der Waals surface area contributed by atoms with Gasteiger partial charge >= 0.3 is 5.97 Å². The minimum Gasteiger partial charge on any atom is -0.465 e. The fraction of sp³-hybridized carbons (Fsp3) is 0.929. The highest BCUT2D eigenvalue weighted by molar-refractivity contribution is 5.73. The quantitative estimate of drug-likeness (QED) is 0.771. The third kappa shape index (κ3) is 3.70. The van der Waals surface area contributed by atoms with Gasteiger partial charge in [0.2, 0.25) is 0 Å². The van der Waals surface area contributed by atoms with Crippen molar-refractivity contribution in [1.82, 2.24) is 0 Å². The Kier molecular flexibility index (Phi) is 4.84. The lowest BCUT2D eigenvalue weighted by molar-refractivity contribution is -0.156. The maximum atomic E-state index is 11.9. The fourth-order valence-corrected chi connectivity index (χ4v) is 3.05. The van der Waals surface area contributed by atoms with Gasteiger partial charge in [0.05, 0.1) is 18.6 Å². The van der Waals surface area contributed by atoms with Gasteiger partial charge in [-0.2, -0.15) is 0 Å². The molecule has 0 spiro atoms. The molecule has 2 rings (SSSR count). The van der Waals surface area contributed by atoms with E-state index in [1.807, 2.05) is 0 Å². The summed E-state index contributed by atoms with van der Waals surface area (Å²) in [6.45, 7) is 0.571. The first-order valence-corrected chi connectivity index (χ1v) is 7.12. The zero-order valence-electron chi connectivity index (χ0n) is 10.6. The van der Waals surface area contributed by atoms with Crippen LogP contribution in [0, 0.1) is 11.8 Å². The molecule has 2 aliphatic carbocycles. The first kappa shape index (κ1) is 12.9. The maximum absolute atomic E-state index is 11.9. The summed E-state index contributed by atoms with van der Waals surface area (Å²) in [6, 6.07) is 0. The number of hydrogen-bond acceptors (Lipinski definition) is 3. The molecule has 2 aliphatic rings. The molecule has 0 amide bonds. The van der Waals surface area contributed by atoms with Crippen molar-refractivity contribution in [3.05, 3.63) is 0 Å². The highest BCUT2D eigenvalue weighted by Gasteiger charge is 2.31. The van der Waals surface area contributed by atoms with E-state index in [1.165, 1.54) is 32.1 Å². The summed E-state index contributed by atoms with van der Waals surface area (Å²) in [4.78, 5) is 11.9. The Morgan fingerprint density at radius 2 is 1.65 bits per heavy atom. The van der Waals surface area contributed by atoms with Crippen LogP contribution in [0.5, 0.6) is 0 Å². The second kappa shape index (κ2) is 6.39. The van der Waals surface area contributed by atoms with Crippen LogP contribution in [0.3, 0.4) is 0 Å². The molecule has 3 nitrogen and oxygen atoms in total. The van der Waals surface area contributed by atoms with E-state index in [0.717, 1.165) is 25.7 Å². The van der Waals surface area contributed by atoms with Crippen molar-refractivity contribution in [3.63, 3.8) is 0 Å². The smallest absolute Gasteiger partial charge is 0.311 e. The summed E-state index contributed by atoms with van der Waals surface area (Å²) >= 11 is 0. The molecule has 1 N–H and O–H groups in total. The Balaban J connectivity index is 1.72. The first-order chi connectivity index (χ1) is 8.27. The number of rotatable bonds is 3. The van der Waals surface area contributed by atoms with Crippen molar-refractivity contribution in [2.75, 3.05) is 6.61 Å². The molecule has 2 atom stereocenters.